The van der Waals surface area contributed by atoms with E-state index in [0.717, 1.165) is 12.8 Å². The van der Waals surface area contributed by atoms with Gasteiger partial charge in [-0.05, 0) is 17.4 Å². The zero-order valence-corrected chi connectivity index (χ0v) is 14.7. The minimum Gasteiger partial charge on any atom is -1.00 e. The van der Waals surface area contributed by atoms with E-state index in [-0.39, 0.29) is 56.4 Å². The molecule has 0 aliphatic heterocycles. The molecular weight excluding hydrogens is 342 g/mol. The fourth-order valence-electron chi connectivity index (χ4n) is 2.14. The van der Waals surface area contributed by atoms with Crippen molar-refractivity contribution in [2.45, 2.75) is 32.1 Å². The van der Waals surface area contributed by atoms with E-state index in [9.17, 15) is 0 Å². The van der Waals surface area contributed by atoms with Gasteiger partial charge in [0.1, 0.15) is 0 Å². The van der Waals surface area contributed by atoms with Crippen molar-refractivity contribution in [2.75, 3.05) is 0 Å². The Morgan fingerprint density at radius 2 is 1.78 bits per heavy atom. The molecular formula is C15H17Cl2Zr. The molecule has 1 aromatic carbocycles. The van der Waals surface area contributed by atoms with Gasteiger partial charge in [-0.3, -0.25) is 6.08 Å². The minimum absolute atomic E-state index is 0. The van der Waals surface area contributed by atoms with Gasteiger partial charge in [0, 0.05) is 0 Å². The molecule has 0 N–H and O–H groups in total. The van der Waals surface area contributed by atoms with Crippen molar-refractivity contribution < 1.29 is 51.0 Å². The Morgan fingerprint density at radius 1 is 1.17 bits per heavy atom. The molecule has 0 amide bonds. The Bertz CT molecular complexity index is 398. The molecule has 1 radical (unpaired) electrons. The average Bonchev–Trinajstić information content (AvgIpc) is 2.83. The van der Waals surface area contributed by atoms with Crippen LogP contribution in [0.15, 0.2) is 48.1 Å². The van der Waals surface area contributed by atoms with Crippen molar-refractivity contribution in [3.8, 4) is 0 Å². The third-order valence-electron chi connectivity index (χ3n) is 3.41. The largest absolute Gasteiger partial charge is 3.00 e. The monoisotopic (exact) mass is 357 g/mol. The number of benzene rings is 1. The predicted octanol–water partition coefficient (Wildman–Crippen LogP) is -1.95. The first kappa shape index (κ1) is 20.5. The van der Waals surface area contributed by atoms with Crippen molar-refractivity contribution in [1.29, 1.82) is 0 Å². The zero-order valence-electron chi connectivity index (χ0n) is 10.7. The molecule has 0 bridgehead atoms. The molecule has 0 fully saturated rings. The standard InChI is InChI=1S/C15H17.2ClH.Zr/c1-3-15(2,14-11-7-8-12-14)13-9-5-4-6-10-13;;;/h4-7,9-11H,3,8H2,1-2H3;2*1H;/q-1;;;+3/p-2. The van der Waals surface area contributed by atoms with Gasteiger partial charge in [0.2, 0.25) is 0 Å². The summed E-state index contributed by atoms with van der Waals surface area (Å²) in [5.41, 5.74) is 2.87. The van der Waals surface area contributed by atoms with Gasteiger partial charge in [-0.2, -0.15) is 6.08 Å². The maximum atomic E-state index is 3.45. The Kier molecular flexibility index (Phi) is 10.4. The summed E-state index contributed by atoms with van der Waals surface area (Å²) in [6, 6.07) is 10.7. The van der Waals surface area contributed by atoms with Crippen LogP contribution in [-0.4, -0.2) is 0 Å². The van der Waals surface area contributed by atoms with Gasteiger partial charge in [-0.25, -0.2) is 11.6 Å². The van der Waals surface area contributed by atoms with Crippen LogP contribution in [0.5, 0.6) is 0 Å². The smallest absolute Gasteiger partial charge is 1.00 e. The van der Waals surface area contributed by atoms with Crippen molar-refractivity contribution in [3.63, 3.8) is 0 Å². The average molecular weight is 359 g/mol. The molecule has 0 nitrogen and oxygen atoms in total. The molecule has 18 heavy (non-hydrogen) atoms. The van der Waals surface area contributed by atoms with Gasteiger partial charge in [0.05, 0.1) is 0 Å². The summed E-state index contributed by atoms with van der Waals surface area (Å²) in [4.78, 5) is 0. The number of allylic oxidation sites excluding steroid dienone is 4. The fourth-order valence-corrected chi connectivity index (χ4v) is 2.14. The number of rotatable bonds is 3. The van der Waals surface area contributed by atoms with Crippen LogP contribution in [-0.2, 0) is 31.6 Å². The molecule has 0 aromatic heterocycles. The van der Waals surface area contributed by atoms with Crippen LogP contribution in [0.4, 0.5) is 0 Å². The summed E-state index contributed by atoms with van der Waals surface area (Å²) in [6.07, 6.45) is 9.94. The van der Waals surface area contributed by atoms with Crippen LogP contribution < -0.4 is 24.8 Å². The number of hydrogen-bond acceptors (Lipinski definition) is 0. The second-order valence-corrected chi connectivity index (χ2v) is 4.25. The second-order valence-electron chi connectivity index (χ2n) is 4.25. The Balaban J connectivity index is 0. The molecule has 0 saturated heterocycles. The van der Waals surface area contributed by atoms with Crippen molar-refractivity contribution in [2.24, 2.45) is 0 Å². The van der Waals surface area contributed by atoms with E-state index in [1.807, 2.05) is 0 Å². The minimum atomic E-state index is 0. The van der Waals surface area contributed by atoms with Crippen LogP contribution in [0.25, 0.3) is 0 Å². The van der Waals surface area contributed by atoms with Crippen molar-refractivity contribution in [1.82, 2.24) is 0 Å². The molecule has 1 aliphatic carbocycles. The normalized spacial score (nSPS) is 15.6. The van der Waals surface area contributed by atoms with Crippen LogP contribution >= 0.6 is 0 Å². The number of hydrogen-bond donors (Lipinski definition) is 0. The molecule has 0 heterocycles. The van der Waals surface area contributed by atoms with Crippen molar-refractivity contribution in [3.05, 3.63) is 59.7 Å². The van der Waals surface area contributed by atoms with Gasteiger partial charge in [-0.15, -0.1) is 6.42 Å². The second kappa shape index (κ2) is 9.13. The maximum Gasteiger partial charge on any atom is 3.00 e. The Labute approximate surface area is 142 Å². The van der Waals surface area contributed by atoms with Gasteiger partial charge < -0.3 is 24.8 Å². The summed E-state index contributed by atoms with van der Waals surface area (Å²) < 4.78 is 0. The van der Waals surface area contributed by atoms with E-state index in [2.05, 4.69) is 62.4 Å². The summed E-state index contributed by atoms with van der Waals surface area (Å²) in [5, 5.41) is 0. The van der Waals surface area contributed by atoms with E-state index >= 15 is 0 Å². The zero-order chi connectivity index (χ0) is 10.7. The third-order valence-corrected chi connectivity index (χ3v) is 3.41. The van der Waals surface area contributed by atoms with E-state index in [1.54, 1.807) is 0 Å². The number of halogens is 2. The first-order chi connectivity index (χ1) is 7.27. The first-order valence-electron chi connectivity index (χ1n) is 5.61. The van der Waals surface area contributed by atoms with E-state index < -0.39 is 0 Å². The predicted molar refractivity (Wildman–Crippen MR) is 64.6 cm³/mol. The summed E-state index contributed by atoms with van der Waals surface area (Å²) in [5.74, 6) is 0. The van der Waals surface area contributed by atoms with Crippen molar-refractivity contribution >= 4 is 0 Å². The third kappa shape index (κ3) is 4.08. The van der Waals surface area contributed by atoms with E-state index in [1.165, 1.54) is 11.1 Å². The van der Waals surface area contributed by atoms with Crippen LogP contribution in [0, 0.1) is 6.08 Å². The fraction of sp³-hybridized carbons (Fsp3) is 0.333. The summed E-state index contributed by atoms with van der Waals surface area (Å²) in [6.45, 7) is 4.55. The van der Waals surface area contributed by atoms with Crippen LogP contribution in [0.3, 0.4) is 0 Å². The summed E-state index contributed by atoms with van der Waals surface area (Å²) in [7, 11) is 0. The van der Waals surface area contributed by atoms with Gasteiger partial charge in [0.25, 0.3) is 0 Å². The van der Waals surface area contributed by atoms with E-state index in [0.29, 0.717) is 0 Å². The molecule has 2 rings (SSSR count). The topological polar surface area (TPSA) is 0 Å². The molecule has 95 valence electrons. The Hall–Kier alpha value is 0.163. The SMILES string of the molecule is CCC(C)(C1=[C-]CC=C1)c1ccccc1.[Cl-].[Cl-].[Zr+3]. The molecule has 3 heteroatoms. The summed E-state index contributed by atoms with van der Waals surface area (Å²) >= 11 is 0. The first-order valence-corrected chi connectivity index (χ1v) is 5.61. The maximum absolute atomic E-state index is 3.45. The Morgan fingerprint density at radius 3 is 2.22 bits per heavy atom. The molecule has 0 spiro atoms. The molecule has 0 saturated carbocycles. The van der Waals surface area contributed by atoms with Crippen LogP contribution in [0.2, 0.25) is 0 Å². The van der Waals surface area contributed by atoms with Gasteiger partial charge in [-0.1, -0.05) is 44.2 Å². The molecule has 1 aliphatic rings. The van der Waals surface area contributed by atoms with Gasteiger partial charge in [0.15, 0.2) is 0 Å². The molecule has 1 unspecified atom stereocenters. The van der Waals surface area contributed by atoms with Gasteiger partial charge >= 0.3 is 26.2 Å². The molecule has 1 atom stereocenters. The van der Waals surface area contributed by atoms with Crippen LogP contribution in [0.1, 0.15) is 32.3 Å². The molecule has 1 aromatic rings. The van der Waals surface area contributed by atoms with E-state index in [4.69, 9.17) is 0 Å². The quantitative estimate of drug-likeness (QED) is 0.551.